The summed E-state index contributed by atoms with van der Waals surface area (Å²) in [6.07, 6.45) is 3.43. The first-order valence-electron chi connectivity index (χ1n) is 20.6. The van der Waals surface area contributed by atoms with Gasteiger partial charge in [-0.05, 0) is 56.1 Å². The fourth-order valence-corrected chi connectivity index (χ4v) is 9.88. The van der Waals surface area contributed by atoms with E-state index in [1.807, 2.05) is 63.2 Å². The van der Waals surface area contributed by atoms with Gasteiger partial charge >= 0.3 is 0 Å². The maximum atomic E-state index is 15.0. The Hall–Kier alpha value is -5.51. The Balaban J connectivity index is 1.22. The van der Waals surface area contributed by atoms with Gasteiger partial charge in [0.1, 0.15) is 35.2 Å². The average molecular weight is 843 g/mol. The van der Waals surface area contributed by atoms with Crippen LogP contribution >= 0.6 is 0 Å². The van der Waals surface area contributed by atoms with Gasteiger partial charge in [0, 0.05) is 48.4 Å². The number of piperidine rings is 1. The molecule has 2 aliphatic carbocycles. The van der Waals surface area contributed by atoms with Crippen LogP contribution in [0, 0.1) is 17.3 Å². The van der Waals surface area contributed by atoms with Crippen LogP contribution in [0.1, 0.15) is 72.1 Å². The van der Waals surface area contributed by atoms with Crippen LogP contribution in [0.3, 0.4) is 0 Å². The maximum Gasteiger partial charge on any atom is 0.259 e. The van der Waals surface area contributed by atoms with Gasteiger partial charge in [-0.25, -0.2) is 13.4 Å². The van der Waals surface area contributed by atoms with E-state index in [9.17, 15) is 32.4 Å². The molecule has 3 heterocycles. The second-order valence-corrected chi connectivity index (χ2v) is 19.5. The number of hydrogen-bond donors (Lipinski definition) is 3. The number of carbonyl (C=O) groups is 5. The molecule has 2 aromatic carbocycles. The normalized spacial score (nSPS) is 24.6. The minimum Gasteiger partial charge on any atom is -0.497 e. The third-order valence-corrected chi connectivity index (χ3v) is 14.1. The molecule has 2 aliphatic heterocycles. The van der Waals surface area contributed by atoms with Crippen LogP contribution < -0.4 is 25.2 Å². The topological polar surface area (TPSA) is 207 Å². The Kier molecular flexibility index (Phi) is 11.7. The highest BCUT2D eigenvalue weighted by molar-refractivity contribution is 7.91. The van der Waals surface area contributed by atoms with Gasteiger partial charge in [0.2, 0.25) is 33.7 Å². The first kappa shape index (κ1) is 42.6. The Labute approximate surface area is 350 Å². The number of aromatic nitrogens is 1. The van der Waals surface area contributed by atoms with Crippen molar-refractivity contribution < 1.29 is 41.9 Å². The van der Waals surface area contributed by atoms with E-state index < -0.39 is 79.9 Å². The van der Waals surface area contributed by atoms with Gasteiger partial charge in [-0.1, -0.05) is 57.2 Å². The molecular formula is C44H54N6O9S. The number of nitrogens with one attached hydrogen (secondary N) is 2. The van der Waals surface area contributed by atoms with Crippen LogP contribution in [-0.4, -0.2) is 102 Å². The van der Waals surface area contributed by atoms with Crippen molar-refractivity contribution in [2.75, 3.05) is 20.2 Å². The fraction of sp³-hybridized carbons (Fsp3) is 0.500. The minimum absolute atomic E-state index is 0.00965. The minimum atomic E-state index is -3.94. The number of amides is 5. The van der Waals surface area contributed by atoms with Crippen molar-refractivity contribution >= 4 is 50.5 Å². The number of likely N-dealkylation sites (tertiary alicyclic amines) is 2. The average Bonchev–Trinajstić information content (AvgIpc) is 4.16. The zero-order valence-corrected chi connectivity index (χ0v) is 35.3. The van der Waals surface area contributed by atoms with Crippen molar-refractivity contribution in [3.05, 3.63) is 67.3 Å². The lowest BCUT2D eigenvalue weighted by atomic mass is 9.77. The van der Waals surface area contributed by atoms with Gasteiger partial charge in [0.15, 0.2) is 0 Å². The van der Waals surface area contributed by atoms with Crippen molar-refractivity contribution in [3.8, 4) is 22.8 Å². The number of nitrogens with two attached hydrogens (primary N) is 1. The molecular weight excluding hydrogens is 789 g/mol. The Bertz CT molecular complexity index is 2310. The van der Waals surface area contributed by atoms with Gasteiger partial charge in [-0.15, -0.1) is 6.58 Å². The summed E-state index contributed by atoms with van der Waals surface area (Å²) in [5.41, 5.74) is 5.40. The number of ether oxygens (including phenoxy) is 2. The summed E-state index contributed by atoms with van der Waals surface area (Å²) in [7, 11) is -2.37. The highest BCUT2D eigenvalue weighted by Gasteiger charge is 2.62. The van der Waals surface area contributed by atoms with E-state index in [2.05, 4.69) is 16.6 Å². The number of fused-ring (bicyclic) bond motifs is 1. The third kappa shape index (κ3) is 8.70. The lowest BCUT2D eigenvalue weighted by Gasteiger charge is -2.38. The molecule has 7 rings (SSSR count). The molecule has 15 nitrogen and oxygen atoms in total. The summed E-state index contributed by atoms with van der Waals surface area (Å²) >= 11 is 0. The van der Waals surface area contributed by atoms with E-state index in [0.717, 1.165) is 12.0 Å². The van der Waals surface area contributed by atoms with E-state index in [0.29, 0.717) is 60.3 Å². The van der Waals surface area contributed by atoms with Crippen LogP contribution in [-0.2, 0) is 34.0 Å². The first-order valence-corrected chi connectivity index (χ1v) is 22.1. The summed E-state index contributed by atoms with van der Waals surface area (Å²) in [5, 5.41) is 2.84. The number of benzene rings is 2. The molecule has 2 saturated carbocycles. The second kappa shape index (κ2) is 16.5. The molecule has 4 aliphatic rings. The van der Waals surface area contributed by atoms with E-state index in [-0.39, 0.29) is 31.7 Å². The summed E-state index contributed by atoms with van der Waals surface area (Å²) in [5.74, 6) is -3.42. The lowest BCUT2D eigenvalue weighted by Crippen LogP contribution is -2.57. The predicted octanol–water partition coefficient (Wildman–Crippen LogP) is 3.85. The molecule has 60 heavy (non-hydrogen) atoms. The number of carbonyl (C=O) groups excluding carboxylic acids is 5. The number of nitrogens with zero attached hydrogens (tertiary/aromatic N) is 3. The first-order chi connectivity index (χ1) is 28.4. The van der Waals surface area contributed by atoms with Crippen LogP contribution in [0.15, 0.2) is 67.3 Å². The maximum absolute atomic E-state index is 15.0. The highest BCUT2D eigenvalue weighted by Crippen LogP contribution is 2.46. The molecule has 5 amide bonds. The molecule has 3 unspecified atom stereocenters. The molecule has 4 fully saturated rings. The van der Waals surface area contributed by atoms with E-state index in [1.54, 1.807) is 19.2 Å². The van der Waals surface area contributed by atoms with Crippen molar-refractivity contribution in [3.63, 3.8) is 0 Å². The molecule has 2 saturated heterocycles. The quantitative estimate of drug-likeness (QED) is 0.200. The Morgan fingerprint density at radius 1 is 1.02 bits per heavy atom. The standard InChI is InChI=1S/C44H54N6O9S/c1-6-27-24-44(27,42(55)48-60(56,57)30-16-17-30)47-40(53)36-21-29(59-37-23-33(26-12-8-7-9-13-26)46-34-20-28(58-5)15-18-31(34)37)25-50(36)41(54)32(43(2,3)4)22-38(51)49-19-11-10-14-35(49)39(45)52/h6-9,12-13,15,18,20,23,27,29-30,32,35-36H,1,10-11,14,16-17,19,21-22,24-25H2,2-5H3,(H2,45,52)(H,47,53)(H,48,55)/t27?,29-,32-,35?,36+,44?/m1/s1. The summed E-state index contributed by atoms with van der Waals surface area (Å²) in [4.78, 5) is 77.3. The van der Waals surface area contributed by atoms with Gasteiger partial charge in [-0.2, -0.15) is 0 Å². The zero-order chi connectivity index (χ0) is 43.1. The highest BCUT2D eigenvalue weighted by atomic mass is 32.2. The molecule has 16 heteroatoms. The van der Waals surface area contributed by atoms with Gasteiger partial charge in [-0.3, -0.25) is 28.7 Å². The summed E-state index contributed by atoms with van der Waals surface area (Å²) in [6.45, 7) is 9.61. The van der Waals surface area contributed by atoms with Crippen molar-refractivity contribution in [1.82, 2.24) is 24.8 Å². The molecule has 0 bridgehead atoms. The Morgan fingerprint density at radius 3 is 2.38 bits per heavy atom. The number of pyridine rings is 1. The molecule has 0 radical (unpaired) electrons. The summed E-state index contributed by atoms with van der Waals surface area (Å²) in [6, 6.07) is 14.8. The number of primary amides is 1. The molecule has 0 spiro atoms. The van der Waals surface area contributed by atoms with Crippen LogP contribution in [0.25, 0.3) is 22.2 Å². The fourth-order valence-electron chi connectivity index (χ4n) is 8.51. The molecule has 3 aromatic rings. The molecule has 6 atom stereocenters. The third-order valence-electron chi connectivity index (χ3n) is 12.3. The lowest BCUT2D eigenvalue weighted by molar-refractivity contribution is -0.150. The van der Waals surface area contributed by atoms with Gasteiger partial charge < -0.3 is 30.3 Å². The van der Waals surface area contributed by atoms with E-state index in [4.69, 9.17) is 20.2 Å². The Morgan fingerprint density at radius 2 is 1.75 bits per heavy atom. The number of rotatable bonds is 14. The molecule has 4 N–H and O–H groups in total. The van der Waals surface area contributed by atoms with E-state index >= 15 is 0 Å². The predicted molar refractivity (Wildman–Crippen MR) is 224 cm³/mol. The molecule has 1 aromatic heterocycles. The smallest absolute Gasteiger partial charge is 0.259 e. The van der Waals surface area contributed by atoms with Crippen LogP contribution in [0.5, 0.6) is 11.5 Å². The number of hydrogen-bond acceptors (Lipinski definition) is 10. The van der Waals surface area contributed by atoms with Crippen molar-refractivity contribution in [1.29, 1.82) is 0 Å². The van der Waals surface area contributed by atoms with Crippen LogP contribution in [0.4, 0.5) is 0 Å². The molecule has 320 valence electrons. The number of sulfonamides is 1. The second-order valence-electron chi connectivity index (χ2n) is 17.5. The van der Waals surface area contributed by atoms with Gasteiger partial charge in [0.25, 0.3) is 5.91 Å². The van der Waals surface area contributed by atoms with Crippen molar-refractivity contribution in [2.45, 2.75) is 101 Å². The monoisotopic (exact) mass is 842 g/mol. The summed E-state index contributed by atoms with van der Waals surface area (Å²) < 4.78 is 40.1. The zero-order valence-electron chi connectivity index (χ0n) is 34.5. The number of methoxy groups -OCH3 is 1. The van der Waals surface area contributed by atoms with E-state index in [1.165, 1.54) is 15.9 Å². The van der Waals surface area contributed by atoms with Gasteiger partial charge in [0.05, 0.1) is 36.0 Å². The SMILES string of the molecule is C=CC1CC1(NC(=O)[C@@H]1C[C@@H](Oc2cc(-c3ccccc3)nc3cc(OC)ccc23)CN1C(=O)[C@@H](CC(=O)N1CCCCC1C(N)=O)C(C)(C)C)C(=O)NS(=O)(=O)C1CC1. The van der Waals surface area contributed by atoms with Crippen molar-refractivity contribution in [2.24, 2.45) is 23.0 Å². The van der Waals surface area contributed by atoms with Crippen LogP contribution in [0.2, 0.25) is 0 Å². The largest absolute Gasteiger partial charge is 0.497 e.